The highest BCUT2D eigenvalue weighted by molar-refractivity contribution is 5.92. The standard InChI is InChI=1S/C11H15NO3/c1-8(2)11(14)12-9(5-6-13)10-4-3-7-15-10/h3-4,7,9,13H,1,5-6H2,2H3,(H,12,14). The van der Waals surface area contributed by atoms with Crippen LogP contribution in [0.2, 0.25) is 0 Å². The van der Waals surface area contributed by atoms with Crippen LogP contribution in [0.4, 0.5) is 0 Å². The number of carbonyl (C=O) groups is 1. The van der Waals surface area contributed by atoms with Gasteiger partial charge in [-0.15, -0.1) is 0 Å². The van der Waals surface area contributed by atoms with Gasteiger partial charge < -0.3 is 14.8 Å². The van der Waals surface area contributed by atoms with E-state index in [0.29, 0.717) is 17.8 Å². The van der Waals surface area contributed by atoms with E-state index in [4.69, 9.17) is 9.52 Å². The quantitative estimate of drug-likeness (QED) is 0.720. The van der Waals surface area contributed by atoms with Crippen LogP contribution in [0.15, 0.2) is 35.0 Å². The molecule has 0 fully saturated rings. The first kappa shape index (κ1) is 11.5. The largest absolute Gasteiger partial charge is 0.467 e. The lowest BCUT2D eigenvalue weighted by Gasteiger charge is -2.15. The summed E-state index contributed by atoms with van der Waals surface area (Å²) in [7, 11) is 0. The van der Waals surface area contributed by atoms with Gasteiger partial charge in [0.1, 0.15) is 5.76 Å². The third-order valence-electron chi connectivity index (χ3n) is 2.00. The fourth-order valence-corrected chi connectivity index (χ4v) is 1.19. The zero-order valence-electron chi connectivity index (χ0n) is 8.69. The lowest BCUT2D eigenvalue weighted by Crippen LogP contribution is -2.29. The van der Waals surface area contributed by atoms with Crippen LogP contribution in [0, 0.1) is 0 Å². The molecule has 82 valence electrons. The lowest BCUT2D eigenvalue weighted by molar-refractivity contribution is -0.118. The van der Waals surface area contributed by atoms with Gasteiger partial charge in [0.25, 0.3) is 0 Å². The van der Waals surface area contributed by atoms with Crippen molar-refractivity contribution in [3.05, 3.63) is 36.3 Å². The number of hydrogen-bond acceptors (Lipinski definition) is 3. The number of hydrogen-bond donors (Lipinski definition) is 2. The highest BCUT2D eigenvalue weighted by Crippen LogP contribution is 2.17. The van der Waals surface area contributed by atoms with E-state index in [1.165, 1.54) is 6.26 Å². The molecule has 0 aliphatic carbocycles. The maximum Gasteiger partial charge on any atom is 0.246 e. The van der Waals surface area contributed by atoms with Crippen LogP contribution < -0.4 is 5.32 Å². The number of amides is 1. The van der Waals surface area contributed by atoms with Crippen molar-refractivity contribution in [1.82, 2.24) is 5.32 Å². The second-order valence-electron chi connectivity index (χ2n) is 3.33. The van der Waals surface area contributed by atoms with Crippen molar-refractivity contribution in [1.29, 1.82) is 0 Å². The van der Waals surface area contributed by atoms with Gasteiger partial charge in [0.05, 0.1) is 12.3 Å². The number of nitrogens with one attached hydrogen (secondary N) is 1. The molecule has 0 aromatic carbocycles. The molecule has 4 heteroatoms. The predicted octanol–water partition coefficient (Wildman–Crippen LogP) is 1.40. The fourth-order valence-electron chi connectivity index (χ4n) is 1.19. The molecule has 15 heavy (non-hydrogen) atoms. The van der Waals surface area contributed by atoms with Gasteiger partial charge in [0.2, 0.25) is 5.91 Å². The zero-order chi connectivity index (χ0) is 11.3. The Balaban J connectivity index is 2.67. The second kappa shape index (κ2) is 5.36. The van der Waals surface area contributed by atoms with Crippen LogP contribution in [-0.4, -0.2) is 17.6 Å². The molecule has 0 aliphatic rings. The minimum absolute atomic E-state index is 0.0121. The Hall–Kier alpha value is -1.55. The Morgan fingerprint density at radius 2 is 2.47 bits per heavy atom. The molecule has 1 amide bonds. The predicted molar refractivity (Wildman–Crippen MR) is 56.1 cm³/mol. The first-order valence-electron chi connectivity index (χ1n) is 4.75. The molecular formula is C11H15NO3. The summed E-state index contributed by atoms with van der Waals surface area (Å²) in [6.45, 7) is 5.16. The summed E-state index contributed by atoms with van der Waals surface area (Å²) < 4.78 is 5.17. The van der Waals surface area contributed by atoms with Gasteiger partial charge in [0.15, 0.2) is 0 Å². The highest BCUT2D eigenvalue weighted by Gasteiger charge is 2.16. The van der Waals surface area contributed by atoms with E-state index in [9.17, 15) is 4.79 Å². The summed E-state index contributed by atoms with van der Waals surface area (Å²) in [6.07, 6.45) is 1.96. The number of aliphatic hydroxyl groups excluding tert-OH is 1. The molecule has 4 nitrogen and oxygen atoms in total. The molecule has 0 saturated heterocycles. The van der Waals surface area contributed by atoms with Crippen LogP contribution in [0.1, 0.15) is 25.1 Å². The van der Waals surface area contributed by atoms with E-state index in [1.807, 2.05) is 0 Å². The molecule has 1 aromatic rings. The maximum absolute atomic E-state index is 11.4. The van der Waals surface area contributed by atoms with Gasteiger partial charge in [-0.3, -0.25) is 4.79 Å². The Morgan fingerprint density at radius 3 is 2.93 bits per heavy atom. The summed E-state index contributed by atoms with van der Waals surface area (Å²) in [5, 5.41) is 11.6. The molecular weight excluding hydrogens is 194 g/mol. The SMILES string of the molecule is C=C(C)C(=O)NC(CCO)c1ccco1. The topological polar surface area (TPSA) is 62.5 Å². The van der Waals surface area contributed by atoms with Crippen molar-refractivity contribution in [2.24, 2.45) is 0 Å². The first-order valence-corrected chi connectivity index (χ1v) is 4.75. The molecule has 2 N–H and O–H groups in total. The highest BCUT2D eigenvalue weighted by atomic mass is 16.3. The van der Waals surface area contributed by atoms with Gasteiger partial charge in [-0.1, -0.05) is 6.58 Å². The monoisotopic (exact) mass is 209 g/mol. The van der Waals surface area contributed by atoms with Crippen molar-refractivity contribution in [3.63, 3.8) is 0 Å². The third kappa shape index (κ3) is 3.25. The van der Waals surface area contributed by atoms with Crippen LogP contribution in [-0.2, 0) is 4.79 Å². The Morgan fingerprint density at radius 1 is 1.73 bits per heavy atom. The van der Waals surface area contributed by atoms with Crippen molar-refractivity contribution in [2.45, 2.75) is 19.4 Å². The average Bonchev–Trinajstić information content (AvgIpc) is 2.69. The lowest BCUT2D eigenvalue weighted by atomic mass is 10.1. The Bertz CT molecular complexity index is 330. The van der Waals surface area contributed by atoms with E-state index in [2.05, 4.69) is 11.9 Å². The number of carbonyl (C=O) groups excluding carboxylic acids is 1. The van der Waals surface area contributed by atoms with E-state index < -0.39 is 0 Å². The second-order valence-corrected chi connectivity index (χ2v) is 3.33. The van der Waals surface area contributed by atoms with E-state index in [-0.39, 0.29) is 18.6 Å². The van der Waals surface area contributed by atoms with Crippen LogP contribution in [0.25, 0.3) is 0 Å². The van der Waals surface area contributed by atoms with Crippen molar-refractivity contribution in [3.8, 4) is 0 Å². The molecule has 0 bridgehead atoms. The van der Waals surface area contributed by atoms with Gasteiger partial charge in [-0.05, 0) is 25.5 Å². The minimum Gasteiger partial charge on any atom is -0.467 e. The molecule has 1 heterocycles. The van der Waals surface area contributed by atoms with Gasteiger partial charge in [-0.2, -0.15) is 0 Å². The van der Waals surface area contributed by atoms with E-state index >= 15 is 0 Å². The van der Waals surface area contributed by atoms with Crippen LogP contribution >= 0.6 is 0 Å². The van der Waals surface area contributed by atoms with E-state index in [1.54, 1.807) is 19.1 Å². The third-order valence-corrected chi connectivity index (χ3v) is 2.00. The summed E-state index contributed by atoms with van der Waals surface area (Å²) in [4.78, 5) is 11.4. The van der Waals surface area contributed by atoms with E-state index in [0.717, 1.165) is 0 Å². The van der Waals surface area contributed by atoms with Crippen molar-refractivity contribution < 1.29 is 14.3 Å². The molecule has 1 unspecified atom stereocenters. The Labute approximate surface area is 88.6 Å². The van der Waals surface area contributed by atoms with Gasteiger partial charge in [0, 0.05) is 12.2 Å². The molecule has 0 radical (unpaired) electrons. The maximum atomic E-state index is 11.4. The smallest absolute Gasteiger partial charge is 0.246 e. The number of aliphatic hydroxyl groups is 1. The molecule has 0 aliphatic heterocycles. The van der Waals surface area contributed by atoms with Crippen molar-refractivity contribution >= 4 is 5.91 Å². The summed E-state index contributed by atoms with van der Waals surface area (Å²) in [5.74, 6) is 0.406. The average molecular weight is 209 g/mol. The van der Waals surface area contributed by atoms with Gasteiger partial charge in [-0.25, -0.2) is 0 Å². The number of furan rings is 1. The number of rotatable bonds is 5. The zero-order valence-corrected chi connectivity index (χ0v) is 8.69. The summed E-state index contributed by atoms with van der Waals surface area (Å²) in [6, 6.07) is 3.21. The van der Waals surface area contributed by atoms with Gasteiger partial charge >= 0.3 is 0 Å². The van der Waals surface area contributed by atoms with Crippen LogP contribution in [0.5, 0.6) is 0 Å². The fraction of sp³-hybridized carbons (Fsp3) is 0.364. The first-order chi connectivity index (χ1) is 7.15. The molecule has 0 saturated carbocycles. The summed E-state index contributed by atoms with van der Waals surface area (Å²) in [5.41, 5.74) is 0.435. The summed E-state index contributed by atoms with van der Waals surface area (Å²) >= 11 is 0. The molecule has 1 aromatic heterocycles. The minimum atomic E-state index is -0.297. The van der Waals surface area contributed by atoms with Crippen molar-refractivity contribution in [2.75, 3.05) is 6.61 Å². The molecule has 0 spiro atoms. The Kier molecular flexibility index (Phi) is 4.12. The molecule has 1 atom stereocenters. The normalized spacial score (nSPS) is 12.1. The molecule has 1 rings (SSSR count). The van der Waals surface area contributed by atoms with Crippen LogP contribution in [0.3, 0.4) is 0 Å².